The van der Waals surface area contributed by atoms with Crippen molar-refractivity contribution in [2.75, 3.05) is 0 Å². The van der Waals surface area contributed by atoms with Crippen molar-refractivity contribution < 1.29 is 9.18 Å². The van der Waals surface area contributed by atoms with Gasteiger partial charge < -0.3 is 5.32 Å². The number of hydrogen-bond acceptors (Lipinski definition) is 2. The molecule has 7 heteroatoms. The van der Waals surface area contributed by atoms with E-state index in [1.165, 1.54) is 12.1 Å². The largest absolute Gasteiger partial charge is 0.347 e. The third-order valence-electron chi connectivity index (χ3n) is 3.40. The highest BCUT2D eigenvalue weighted by Gasteiger charge is 2.11. The monoisotopic (exact) mass is 407 g/mol. The maximum absolute atomic E-state index is 13.1. The third kappa shape index (κ3) is 3.83. The van der Waals surface area contributed by atoms with Gasteiger partial charge in [-0.3, -0.25) is 9.89 Å². The molecule has 3 aromatic rings. The number of rotatable bonds is 4. The summed E-state index contributed by atoms with van der Waals surface area (Å²) in [4.78, 5) is 12.2. The lowest BCUT2D eigenvalue weighted by Crippen LogP contribution is -2.23. The average Bonchev–Trinajstić information content (AvgIpc) is 3.06. The first-order chi connectivity index (χ1) is 11.5. The Balaban J connectivity index is 1.67. The van der Waals surface area contributed by atoms with Crippen molar-refractivity contribution in [3.8, 4) is 11.3 Å². The number of carbonyl (C=O) groups excluding carboxylic acids is 1. The van der Waals surface area contributed by atoms with Crippen LogP contribution >= 0.6 is 27.5 Å². The summed E-state index contributed by atoms with van der Waals surface area (Å²) >= 11 is 9.09. The first-order valence-electron chi connectivity index (χ1n) is 7.06. The fourth-order valence-corrected chi connectivity index (χ4v) is 2.60. The highest BCUT2D eigenvalue weighted by Crippen LogP contribution is 2.20. The predicted molar refractivity (Wildman–Crippen MR) is 94.3 cm³/mol. The molecule has 0 aliphatic carbocycles. The van der Waals surface area contributed by atoms with Gasteiger partial charge in [0.2, 0.25) is 0 Å². The number of carbonyl (C=O) groups is 1. The molecule has 24 heavy (non-hydrogen) atoms. The van der Waals surface area contributed by atoms with Gasteiger partial charge in [0.25, 0.3) is 5.91 Å². The van der Waals surface area contributed by atoms with E-state index in [1.54, 1.807) is 12.1 Å². The highest BCUT2D eigenvalue weighted by atomic mass is 79.9. The standard InChI is InChI=1S/C17H12BrClFN3O/c18-12-4-2-11(3-5-12)15-8-16(23-22-15)17(24)21-9-10-1-6-14(20)13(19)7-10/h1-8H,9H2,(H,21,24)(H,22,23). The lowest BCUT2D eigenvalue weighted by atomic mass is 10.1. The SMILES string of the molecule is O=C(NCc1ccc(F)c(Cl)c1)c1cc(-c2ccc(Br)cc2)n[nH]1. The van der Waals surface area contributed by atoms with Crippen molar-refractivity contribution in [1.29, 1.82) is 0 Å². The second kappa shape index (κ2) is 7.15. The molecule has 2 aromatic carbocycles. The Labute approximate surface area is 151 Å². The number of aromatic amines is 1. The van der Waals surface area contributed by atoms with Crippen LogP contribution in [0.2, 0.25) is 5.02 Å². The molecule has 122 valence electrons. The van der Waals surface area contributed by atoms with E-state index < -0.39 is 5.82 Å². The zero-order chi connectivity index (χ0) is 17.1. The minimum Gasteiger partial charge on any atom is -0.347 e. The smallest absolute Gasteiger partial charge is 0.269 e. The molecule has 3 rings (SSSR count). The van der Waals surface area contributed by atoms with Crippen LogP contribution in [0.3, 0.4) is 0 Å². The average molecular weight is 409 g/mol. The molecule has 0 atom stereocenters. The van der Waals surface area contributed by atoms with Crippen molar-refractivity contribution in [2.24, 2.45) is 0 Å². The van der Waals surface area contributed by atoms with Gasteiger partial charge in [0.15, 0.2) is 0 Å². The summed E-state index contributed by atoms with van der Waals surface area (Å²) in [7, 11) is 0. The second-order valence-corrected chi connectivity index (χ2v) is 6.43. The van der Waals surface area contributed by atoms with E-state index in [0.29, 0.717) is 17.0 Å². The molecule has 2 N–H and O–H groups in total. The highest BCUT2D eigenvalue weighted by molar-refractivity contribution is 9.10. The van der Waals surface area contributed by atoms with Gasteiger partial charge in [0, 0.05) is 16.6 Å². The summed E-state index contributed by atoms with van der Waals surface area (Å²) < 4.78 is 14.1. The number of H-pyrrole nitrogens is 1. The van der Waals surface area contributed by atoms with Crippen molar-refractivity contribution in [3.63, 3.8) is 0 Å². The lowest BCUT2D eigenvalue weighted by molar-refractivity contribution is 0.0946. The molecule has 0 bridgehead atoms. The molecule has 0 radical (unpaired) electrons. The van der Waals surface area contributed by atoms with Crippen LogP contribution in [-0.2, 0) is 6.54 Å². The Hall–Kier alpha value is -2.18. The number of hydrogen-bond donors (Lipinski definition) is 2. The maximum Gasteiger partial charge on any atom is 0.269 e. The molecule has 1 amide bonds. The van der Waals surface area contributed by atoms with Crippen molar-refractivity contribution in [1.82, 2.24) is 15.5 Å². The van der Waals surface area contributed by atoms with Crippen molar-refractivity contribution in [2.45, 2.75) is 6.54 Å². The van der Waals surface area contributed by atoms with Gasteiger partial charge in [-0.1, -0.05) is 45.7 Å². The summed E-state index contributed by atoms with van der Waals surface area (Å²) in [5.41, 5.74) is 2.64. The summed E-state index contributed by atoms with van der Waals surface area (Å²) in [5, 5.41) is 9.63. The summed E-state index contributed by atoms with van der Waals surface area (Å²) in [6.07, 6.45) is 0. The lowest BCUT2D eigenvalue weighted by Gasteiger charge is -2.04. The van der Waals surface area contributed by atoms with E-state index in [9.17, 15) is 9.18 Å². The van der Waals surface area contributed by atoms with E-state index in [-0.39, 0.29) is 17.5 Å². The van der Waals surface area contributed by atoms with E-state index in [1.807, 2.05) is 24.3 Å². The molecule has 0 saturated carbocycles. The molecule has 0 saturated heterocycles. The number of halogens is 3. The first-order valence-corrected chi connectivity index (χ1v) is 8.23. The summed E-state index contributed by atoms with van der Waals surface area (Å²) in [6, 6.07) is 13.6. The second-order valence-electron chi connectivity index (χ2n) is 5.10. The van der Waals surface area contributed by atoms with Gasteiger partial charge in [-0.15, -0.1) is 0 Å². The third-order valence-corrected chi connectivity index (χ3v) is 4.22. The van der Waals surface area contributed by atoms with Crippen LogP contribution in [0.1, 0.15) is 16.1 Å². The number of nitrogens with one attached hydrogen (secondary N) is 2. The normalized spacial score (nSPS) is 10.6. The van der Waals surface area contributed by atoms with E-state index >= 15 is 0 Å². The van der Waals surface area contributed by atoms with Crippen LogP contribution in [0.4, 0.5) is 4.39 Å². The predicted octanol–water partition coefficient (Wildman–Crippen LogP) is 4.56. The number of benzene rings is 2. The zero-order valence-corrected chi connectivity index (χ0v) is 14.7. The van der Waals surface area contributed by atoms with Crippen LogP contribution in [0.15, 0.2) is 53.0 Å². The molecule has 0 aliphatic heterocycles. The van der Waals surface area contributed by atoms with E-state index in [2.05, 4.69) is 31.4 Å². The van der Waals surface area contributed by atoms with Crippen LogP contribution < -0.4 is 5.32 Å². The maximum atomic E-state index is 13.1. The molecule has 0 spiro atoms. The van der Waals surface area contributed by atoms with Gasteiger partial charge in [-0.05, 0) is 35.9 Å². The molecule has 0 unspecified atom stereocenters. The van der Waals surface area contributed by atoms with Gasteiger partial charge in [0.1, 0.15) is 11.5 Å². The minimum atomic E-state index is -0.487. The number of nitrogens with zero attached hydrogens (tertiary/aromatic N) is 1. The molecule has 0 aliphatic rings. The fraction of sp³-hybridized carbons (Fsp3) is 0.0588. The topological polar surface area (TPSA) is 57.8 Å². The molecular weight excluding hydrogens is 397 g/mol. The number of amides is 1. The summed E-state index contributed by atoms with van der Waals surface area (Å²) in [6.45, 7) is 0.242. The van der Waals surface area contributed by atoms with Crippen LogP contribution in [0.25, 0.3) is 11.3 Å². The minimum absolute atomic E-state index is 0.0285. The Morgan fingerprint density at radius 1 is 1.21 bits per heavy atom. The van der Waals surface area contributed by atoms with E-state index in [0.717, 1.165) is 10.0 Å². The quantitative estimate of drug-likeness (QED) is 0.665. The van der Waals surface area contributed by atoms with Crippen molar-refractivity contribution in [3.05, 3.63) is 75.1 Å². The molecule has 0 fully saturated rings. The Kier molecular flexibility index (Phi) is 4.97. The molecule has 1 aromatic heterocycles. The number of aromatic nitrogens is 2. The van der Waals surface area contributed by atoms with Gasteiger partial charge >= 0.3 is 0 Å². The van der Waals surface area contributed by atoms with Crippen molar-refractivity contribution >= 4 is 33.4 Å². The Morgan fingerprint density at radius 2 is 1.96 bits per heavy atom. The Bertz CT molecular complexity index is 880. The zero-order valence-electron chi connectivity index (χ0n) is 12.3. The molecule has 1 heterocycles. The van der Waals surface area contributed by atoms with E-state index in [4.69, 9.17) is 11.6 Å². The van der Waals surface area contributed by atoms with Crippen LogP contribution in [0.5, 0.6) is 0 Å². The Morgan fingerprint density at radius 3 is 2.67 bits per heavy atom. The fourth-order valence-electron chi connectivity index (χ4n) is 2.13. The first kappa shape index (κ1) is 16.7. The van der Waals surface area contributed by atoms with Gasteiger partial charge in [-0.25, -0.2) is 4.39 Å². The van der Waals surface area contributed by atoms with Crippen LogP contribution in [0, 0.1) is 5.82 Å². The molecular formula is C17H12BrClFN3O. The van der Waals surface area contributed by atoms with Gasteiger partial charge in [-0.2, -0.15) is 5.10 Å². The molecule has 4 nitrogen and oxygen atoms in total. The van der Waals surface area contributed by atoms with Crippen LogP contribution in [-0.4, -0.2) is 16.1 Å². The van der Waals surface area contributed by atoms with Gasteiger partial charge in [0.05, 0.1) is 10.7 Å². The summed E-state index contributed by atoms with van der Waals surface area (Å²) in [5.74, 6) is -0.786.